The Hall–Kier alpha value is -3.35. The number of nitrogens with zero attached hydrogens (tertiary/aromatic N) is 1. The number of primary sulfonamides is 1. The Morgan fingerprint density at radius 1 is 1.00 bits per heavy atom. The molecule has 10 nitrogen and oxygen atoms in total. The summed E-state index contributed by atoms with van der Waals surface area (Å²) in [7, 11) is -3.93. The third kappa shape index (κ3) is 11.0. The first-order valence-electron chi connectivity index (χ1n) is 13.1. The number of ether oxygens (including phenoxy) is 2. The fraction of sp³-hybridized carbons (Fsp3) is 0.276. The number of nitrogens with two attached hydrogens (primary N) is 1. The Labute approximate surface area is 265 Å². The average Bonchev–Trinajstić information content (AvgIpc) is 2.95. The molecule has 0 atom stereocenters. The van der Waals surface area contributed by atoms with E-state index < -0.39 is 32.6 Å². The number of nitrogens with one attached hydrogen (secondary N) is 2. The summed E-state index contributed by atoms with van der Waals surface area (Å²) in [6.45, 7) is 2.17. The topological polar surface area (TPSA) is 152 Å². The second-order valence-corrected chi connectivity index (χ2v) is 13.5. The SMILES string of the molecule is CCCCCN(Cc1cccc(C(=N)NC(=O)OCC(Cl)(Cl)Cl)c1)C(=O)Oc1ccc(-c2ccccc2S(N)(=O)=O)cc1. The maximum absolute atomic E-state index is 13.2. The predicted molar refractivity (Wildman–Crippen MR) is 167 cm³/mol. The molecule has 3 aromatic carbocycles. The Bertz CT molecular complexity index is 1550. The summed E-state index contributed by atoms with van der Waals surface area (Å²) in [6, 6.07) is 19.6. The van der Waals surface area contributed by atoms with Gasteiger partial charge < -0.3 is 14.4 Å². The first-order chi connectivity index (χ1) is 20.3. The molecule has 230 valence electrons. The molecule has 0 aliphatic carbocycles. The molecule has 4 N–H and O–H groups in total. The van der Waals surface area contributed by atoms with Crippen LogP contribution >= 0.6 is 34.8 Å². The van der Waals surface area contributed by atoms with Crippen molar-refractivity contribution in [2.45, 2.75) is 41.4 Å². The number of carbonyl (C=O) groups excluding carboxylic acids is 2. The Balaban J connectivity index is 1.72. The zero-order valence-corrected chi connectivity index (χ0v) is 26.3. The smallest absolute Gasteiger partial charge is 0.415 e. The summed E-state index contributed by atoms with van der Waals surface area (Å²) >= 11 is 16.7. The van der Waals surface area contributed by atoms with Crippen LogP contribution in [0.3, 0.4) is 0 Å². The van der Waals surface area contributed by atoms with Gasteiger partial charge in [-0.1, -0.05) is 103 Å². The number of alkyl halides is 3. The first kappa shape index (κ1) is 34.1. The van der Waals surface area contributed by atoms with Crippen molar-refractivity contribution >= 4 is 62.8 Å². The Morgan fingerprint density at radius 3 is 2.35 bits per heavy atom. The molecule has 0 spiro atoms. The minimum absolute atomic E-state index is 0.00736. The van der Waals surface area contributed by atoms with Gasteiger partial charge in [0.1, 0.15) is 18.2 Å². The normalized spacial score (nSPS) is 11.5. The molecule has 0 aromatic heterocycles. The van der Waals surface area contributed by atoms with Gasteiger partial charge in [0, 0.05) is 24.2 Å². The van der Waals surface area contributed by atoms with Crippen molar-refractivity contribution < 1.29 is 27.5 Å². The number of alkyl carbamates (subject to hydrolysis) is 1. The number of unbranched alkanes of at least 4 members (excludes halogenated alkanes) is 2. The second-order valence-electron chi connectivity index (χ2n) is 9.45. The lowest BCUT2D eigenvalue weighted by Crippen LogP contribution is -2.34. The number of hydrogen-bond donors (Lipinski definition) is 3. The number of halogens is 3. The number of amidine groups is 1. The van der Waals surface area contributed by atoms with Crippen molar-refractivity contribution in [1.82, 2.24) is 10.2 Å². The van der Waals surface area contributed by atoms with Gasteiger partial charge in [-0.25, -0.2) is 23.1 Å². The highest BCUT2D eigenvalue weighted by atomic mass is 35.6. The van der Waals surface area contributed by atoms with E-state index in [2.05, 4.69) is 12.2 Å². The van der Waals surface area contributed by atoms with Gasteiger partial charge in [-0.3, -0.25) is 10.7 Å². The summed E-state index contributed by atoms with van der Waals surface area (Å²) in [5.41, 5.74) is 2.10. The maximum Gasteiger partial charge on any atom is 0.415 e. The zero-order chi connectivity index (χ0) is 31.6. The second kappa shape index (κ2) is 15.4. The quantitative estimate of drug-likeness (QED) is 0.0904. The number of rotatable bonds is 11. The lowest BCUT2D eigenvalue weighted by molar-refractivity contribution is 0.148. The van der Waals surface area contributed by atoms with E-state index in [-0.39, 0.29) is 23.0 Å². The molecule has 43 heavy (non-hydrogen) atoms. The van der Waals surface area contributed by atoms with E-state index in [0.717, 1.165) is 19.3 Å². The third-order valence-electron chi connectivity index (χ3n) is 6.04. The van der Waals surface area contributed by atoms with Crippen LogP contribution in [0.15, 0.2) is 77.7 Å². The minimum atomic E-state index is -3.93. The highest BCUT2D eigenvalue weighted by molar-refractivity contribution is 7.89. The van der Waals surface area contributed by atoms with Crippen LogP contribution in [0.4, 0.5) is 9.59 Å². The van der Waals surface area contributed by atoms with Crippen LogP contribution in [0.1, 0.15) is 37.3 Å². The molecular formula is C29H31Cl3N4O6S. The number of benzene rings is 3. The van der Waals surface area contributed by atoms with Gasteiger partial charge in [0.05, 0.1) is 4.90 Å². The van der Waals surface area contributed by atoms with Crippen LogP contribution < -0.4 is 15.2 Å². The Morgan fingerprint density at radius 2 is 1.70 bits per heavy atom. The zero-order valence-electron chi connectivity index (χ0n) is 23.2. The molecule has 3 aromatic rings. The van der Waals surface area contributed by atoms with Gasteiger partial charge in [-0.15, -0.1) is 0 Å². The van der Waals surface area contributed by atoms with Crippen LogP contribution in [-0.2, 0) is 21.3 Å². The van der Waals surface area contributed by atoms with Crippen molar-refractivity contribution in [2.75, 3.05) is 13.2 Å². The van der Waals surface area contributed by atoms with Crippen molar-refractivity contribution in [3.63, 3.8) is 0 Å². The Kier molecular flexibility index (Phi) is 12.2. The van der Waals surface area contributed by atoms with Gasteiger partial charge >= 0.3 is 12.2 Å². The highest BCUT2D eigenvalue weighted by Gasteiger charge is 2.23. The van der Waals surface area contributed by atoms with E-state index in [4.69, 9.17) is 54.8 Å². The molecule has 14 heteroatoms. The molecule has 0 saturated heterocycles. The molecular weight excluding hydrogens is 639 g/mol. The van der Waals surface area contributed by atoms with Gasteiger partial charge in [0.15, 0.2) is 0 Å². The summed E-state index contributed by atoms with van der Waals surface area (Å²) < 4.78 is 32.7. The molecule has 0 radical (unpaired) electrons. The van der Waals surface area contributed by atoms with Crippen LogP contribution in [0, 0.1) is 5.41 Å². The molecule has 0 aliphatic heterocycles. The summed E-state index contributed by atoms with van der Waals surface area (Å²) in [5, 5.41) is 15.8. The fourth-order valence-electron chi connectivity index (χ4n) is 4.01. The molecule has 3 rings (SSSR count). The van der Waals surface area contributed by atoms with Crippen molar-refractivity contribution in [1.29, 1.82) is 5.41 Å². The summed E-state index contributed by atoms with van der Waals surface area (Å²) in [5.74, 6) is 0.0378. The number of sulfonamides is 1. The van der Waals surface area contributed by atoms with Crippen molar-refractivity contribution in [2.24, 2.45) is 5.14 Å². The molecule has 0 heterocycles. The lowest BCUT2D eigenvalue weighted by atomic mass is 10.1. The van der Waals surface area contributed by atoms with Gasteiger partial charge in [0.2, 0.25) is 13.8 Å². The minimum Gasteiger partial charge on any atom is -0.445 e. The molecule has 0 aliphatic rings. The lowest BCUT2D eigenvalue weighted by Gasteiger charge is -2.22. The predicted octanol–water partition coefficient (Wildman–Crippen LogP) is 6.61. The van der Waals surface area contributed by atoms with Crippen molar-refractivity contribution in [3.8, 4) is 16.9 Å². The van der Waals surface area contributed by atoms with Crippen LogP contribution in [0.2, 0.25) is 0 Å². The number of hydrogen-bond acceptors (Lipinski definition) is 7. The van der Waals surface area contributed by atoms with E-state index in [1.807, 2.05) is 0 Å². The standard InChI is InChI=1S/C29H31Cl3N4O6S/c1-2-3-6-16-36(18-20-8-7-9-22(17-20)26(33)35-27(37)41-19-29(30,31)32)28(38)42-23-14-12-21(13-15-23)24-10-4-5-11-25(24)43(34,39)40/h4-5,7-15,17H,2-3,6,16,18-19H2,1H3,(H2,33,35,37)(H2,34,39,40). The first-order valence-corrected chi connectivity index (χ1v) is 15.8. The molecule has 0 unspecified atom stereocenters. The molecule has 2 amide bonds. The average molecular weight is 670 g/mol. The fourth-order valence-corrected chi connectivity index (χ4v) is 4.94. The van der Waals surface area contributed by atoms with E-state index >= 15 is 0 Å². The van der Waals surface area contributed by atoms with E-state index in [1.54, 1.807) is 71.6 Å². The number of amides is 2. The third-order valence-corrected chi connectivity index (χ3v) is 7.33. The van der Waals surface area contributed by atoms with Gasteiger partial charge in [-0.2, -0.15) is 0 Å². The summed E-state index contributed by atoms with van der Waals surface area (Å²) in [4.78, 5) is 26.7. The molecule has 0 saturated carbocycles. The van der Waals surface area contributed by atoms with E-state index in [0.29, 0.717) is 28.8 Å². The van der Waals surface area contributed by atoms with E-state index in [1.165, 1.54) is 6.07 Å². The van der Waals surface area contributed by atoms with E-state index in [9.17, 15) is 18.0 Å². The van der Waals surface area contributed by atoms with Crippen LogP contribution in [-0.4, -0.2) is 48.3 Å². The number of carbonyl (C=O) groups is 2. The van der Waals surface area contributed by atoms with Crippen molar-refractivity contribution in [3.05, 3.63) is 83.9 Å². The molecule has 0 bridgehead atoms. The van der Waals surface area contributed by atoms with Gasteiger partial charge in [0.25, 0.3) is 0 Å². The maximum atomic E-state index is 13.2. The van der Waals surface area contributed by atoms with Gasteiger partial charge in [-0.05, 0) is 41.8 Å². The monoisotopic (exact) mass is 668 g/mol. The largest absolute Gasteiger partial charge is 0.445 e. The van der Waals surface area contributed by atoms with Crippen LogP contribution in [0.25, 0.3) is 11.1 Å². The van der Waals surface area contributed by atoms with Crippen LogP contribution in [0.5, 0.6) is 5.75 Å². The summed E-state index contributed by atoms with van der Waals surface area (Å²) in [6.07, 6.45) is 1.08. The molecule has 0 fully saturated rings. The highest BCUT2D eigenvalue weighted by Crippen LogP contribution is 2.28.